The summed E-state index contributed by atoms with van der Waals surface area (Å²) in [6.45, 7) is 9.44. The third kappa shape index (κ3) is 7.85. The van der Waals surface area contributed by atoms with E-state index < -0.39 is 0 Å². The van der Waals surface area contributed by atoms with Gasteiger partial charge >= 0.3 is 0 Å². The molecule has 1 aromatic rings. The van der Waals surface area contributed by atoms with E-state index in [-0.39, 0.29) is 11.0 Å². The monoisotopic (exact) mass is 463 g/mol. The number of benzene rings is 1. The topological polar surface area (TPSA) is 120 Å². The Bertz CT molecular complexity index is 711. The van der Waals surface area contributed by atoms with Gasteiger partial charge in [-0.15, -0.1) is 0 Å². The maximum atomic E-state index is 8.80. The Balaban J connectivity index is 1.68. The Morgan fingerprint density at radius 3 is 1.87 bits per heavy atom. The van der Waals surface area contributed by atoms with Gasteiger partial charge in [-0.25, -0.2) is 0 Å². The number of fused-ring (bicyclic) bond motifs is 12. The van der Waals surface area contributed by atoms with E-state index in [1.807, 2.05) is 24.3 Å². The lowest BCUT2D eigenvalue weighted by Crippen LogP contribution is -2.67. The summed E-state index contributed by atoms with van der Waals surface area (Å²) >= 11 is 6.79. The van der Waals surface area contributed by atoms with E-state index in [0.717, 1.165) is 81.6 Å². The third-order valence-electron chi connectivity index (χ3n) is 5.45. The molecular weight excluding hydrogens is 430 g/mol. The third-order valence-corrected chi connectivity index (χ3v) is 6.25. The molecule has 3 fully saturated rings. The molecule has 0 atom stereocenters. The van der Waals surface area contributed by atoms with Crippen LogP contribution in [-0.4, -0.2) is 69.9 Å². The summed E-state index contributed by atoms with van der Waals surface area (Å²) in [5.74, 6) is 0. The second-order valence-corrected chi connectivity index (χ2v) is 9.75. The standard InChI is InChI=1S/C20H33N9S2/c1-19-6-22-13-25-9-20(10-26-14-23-7-19,11-27-15-24-8-19)29-18(30)28-16-2-4-17(5-3-16)31-12-21/h2-5,22-27H,6-11,13-15H2,1H3,(H2,28,29,30). The zero-order valence-corrected chi connectivity index (χ0v) is 19.6. The minimum absolute atomic E-state index is 0.131. The Hall–Kier alpha value is -1.49. The molecule has 3 saturated heterocycles. The van der Waals surface area contributed by atoms with Crippen LogP contribution in [0.3, 0.4) is 0 Å². The molecule has 0 aliphatic carbocycles. The van der Waals surface area contributed by atoms with Gasteiger partial charge in [-0.1, -0.05) is 6.92 Å². The van der Waals surface area contributed by atoms with Gasteiger partial charge in [0, 0.05) is 75.3 Å². The molecule has 0 unspecified atom stereocenters. The van der Waals surface area contributed by atoms with Crippen LogP contribution < -0.4 is 42.5 Å². The van der Waals surface area contributed by atoms with Crippen molar-refractivity contribution in [2.75, 3.05) is 64.6 Å². The van der Waals surface area contributed by atoms with Crippen LogP contribution in [0.25, 0.3) is 0 Å². The highest BCUT2D eigenvalue weighted by Gasteiger charge is 2.32. The molecule has 1 aromatic carbocycles. The Morgan fingerprint density at radius 1 is 0.903 bits per heavy atom. The lowest BCUT2D eigenvalue weighted by molar-refractivity contribution is 0.234. The summed E-state index contributed by atoms with van der Waals surface area (Å²) in [6, 6.07) is 7.67. The maximum absolute atomic E-state index is 8.80. The summed E-state index contributed by atoms with van der Waals surface area (Å²) in [5, 5.41) is 39.5. The fourth-order valence-corrected chi connectivity index (χ4v) is 4.55. The lowest BCUT2D eigenvalue weighted by atomic mass is 9.90. The van der Waals surface area contributed by atoms with E-state index in [1.165, 1.54) is 0 Å². The minimum Gasteiger partial charge on any atom is -0.353 e. The highest BCUT2D eigenvalue weighted by molar-refractivity contribution is 8.03. The molecule has 3 aliphatic heterocycles. The molecule has 0 spiro atoms. The number of nitrogens with zero attached hydrogens (tertiary/aromatic N) is 1. The number of thiocarbonyl (C=S) groups is 1. The number of nitriles is 1. The maximum Gasteiger partial charge on any atom is 0.171 e. The van der Waals surface area contributed by atoms with E-state index in [2.05, 4.69) is 54.9 Å². The van der Waals surface area contributed by atoms with E-state index in [1.54, 1.807) is 0 Å². The van der Waals surface area contributed by atoms with Gasteiger partial charge in [0.1, 0.15) is 5.40 Å². The fourth-order valence-electron chi connectivity index (χ4n) is 3.83. The van der Waals surface area contributed by atoms with Crippen LogP contribution >= 0.6 is 24.0 Å². The molecule has 3 heterocycles. The van der Waals surface area contributed by atoms with Crippen LogP contribution in [0.4, 0.5) is 5.69 Å². The highest BCUT2D eigenvalue weighted by atomic mass is 32.2. The SMILES string of the molecule is CC12CNCNCC(NC(=S)Nc3ccc(SC#N)cc3)(CNCNC1)CNCNC2. The summed E-state index contributed by atoms with van der Waals surface area (Å²) in [4.78, 5) is 0.908. The lowest BCUT2D eigenvalue weighted by Gasteiger charge is -2.39. The molecule has 0 radical (unpaired) electrons. The molecule has 8 N–H and O–H groups in total. The van der Waals surface area contributed by atoms with Crippen molar-refractivity contribution in [1.82, 2.24) is 37.2 Å². The predicted octanol–water partition coefficient (Wildman–Crippen LogP) is -0.271. The number of rotatable bonds is 3. The Morgan fingerprint density at radius 2 is 1.39 bits per heavy atom. The second-order valence-electron chi connectivity index (χ2n) is 8.48. The number of anilines is 1. The van der Waals surface area contributed by atoms with Crippen LogP contribution in [0, 0.1) is 16.1 Å². The van der Waals surface area contributed by atoms with Crippen LogP contribution in [0.2, 0.25) is 0 Å². The van der Waals surface area contributed by atoms with E-state index in [0.29, 0.717) is 5.11 Å². The van der Waals surface area contributed by atoms with Crippen molar-refractivity contribution in [3.8, 4) is 5.40 Å². The predicted molar refractivity (Wildman–Crippen MR) is 131 cm³/mol. The number of nitrogens with one attached hydrogen (secondary N) is 8. The molecule has 2 bridgehead atoms. The van der Waals surface area contributed by atoms with Gasteiger partial charge in [-0.05, 0) is 48.2 Å². The van der Waals surface area contributed by atoms with Crippen molar-refractivity contribution in [1.29, 1.82) is 5.26 Å². The molecule has 3 aliphatic rings. The molecule has 9 nitrogen and oxygen atoms in total. The quantitative estimate of drug-likeness (QED) is 0.172. The van der Waals surface area contributed by atoms with Crippen molar-refractivity contribution in [3.05, 3.63) is 24.3 Å². The summed E-state index contributed by atoms with van der Waals surface area (Å²) in [5.41, 5.74) is 0.689. The number of hydrogen-bond acceptors (Lipinski definition) is 9. The highest BCUT2D eigenvalue weighted by Crippen LogP contribution is 2.19. The average Bonchev–Trinajstić information content (AvgIpc) is 2.72. The van der Waals surface area contributed by atoms with Gasteiger partial charge in [0.05, 0.1) is 5.54 Å². The van der Waals surface area contributed by atoms with Gasteiger partial charge in [0.15, 0.2) is 5.11 Å². The van der Waals surface area contributed by atoms with E-state index >= 15 is 0 Å². The van der Waals surface area contributed by atoms with Crippen molar-refractivity contribution in [2.45, 2.75) is 17.4 Å². The number of thiocyanates is 1. The van der Waals surface area contributed by atoms with Crippen LogP contribution in [0.1, 0.15) is 6.92 Å². The van der Waals surface area contributed by atoms with Crippen molar-refractivity contribution in [3.63, 3.8) is 0 Å². The molecule has 11 heteroatoms. The first-order valence-electron chi connectivity index (χ1n) is 10.5. The minimum atomic E-state index is -0.326. The van der Waals surface area contributed by atoms with Gasteiger partial charge < -0.3 is 42.5 Å². The van der Waals surface area contributed by atoms with Crippen LogP contribution in [0.5, 0.6) is 0 Å². The first-order chi connectivity index (χ1) is 15.0. The average molecular weight is 464 g/mol. The normalized spacial score (nSPS) is 28.0. The Labute approximate surface area is 194 Å². The number of hydrogen-bond donors (Lipinski definition) is 8. The van der Waals surface area contributed by atoms with Crippen molar-refractivity contribution >= 4 is 34.8 Å². The van der Waals surface area contributed by atoms with E-state index in [4.69, 9.17) is 17.5 Å². The number of thioether (sulfide) groups is 1. The van der Waals surface area contributed by atoms with E-state index in [9.17, 15) is 0 Å². The molecule has 0 amide bonds. The zero-order valence-electron chi connectivity index (χ0n) is 17.9. The largest absolute Gasteiger partial charge is 0.353 e. The molecule has 31 heavy (non-hydrogen) atoms. The molecule has 0 aromatic heterocycles. The van der Waals surface area contributed by atoms with Crippen molar-refractivity contribution in [2.24, 2.45) is 5.41 Å². The zero-order chi connectivity index (χ0) is 22.0. The molecule has 4 rings (SSSR count). The van der Waals surface area contributed by atoms with Crippen LogP contribution in [0.15, 0.2) is 29.2 Å². The molecule has 170 valence electrons. The summed E-state index contributed by atoms with van der Waals surface area (Å²) in [7, 11) is 0. The summed E-state index contributed by atoms with van der Waals surface area (Å²) in [6.07, 6.45) is 0. The van der Waals surface area contributed by atoms with Gasteiger partial charge in [0.2, 0.25) is 0 Å². The first-order valence-corrected chi connectivity index (χ1v) is 11.7. The fraction of sp³-hybridized carbons (Fsp3) is 0.600. The van der Waals surface area contributed by atoms with Crippen molar-refractivity contribution < 1.29 is 0 Å². The van der Waals surface area contributed by atoms with Gasteiger partial charge in [-0.3, -0.25) is 0 Å². The Kier molecular flexibility index (Phi) is 9.30. The van der Waals surface area contributed by atoms with Gasteiger partial charge in [-0.2, -0.15) is 5.26 Å². The first kappa shape index (κ1) is 24.2. The molecular formula is C20H33N9S2. The van der Waals surface area contributed by atoms with Gasteiger partial charge in [0.25, 0.3) is 0 Å². The van der Waals surface area contributed by atoms with Crippen LogP contribution in [-0.2, 0) is 0 Å². The second kappa shape index (κ2) is 11.9. The molecule has 0 saturated carbocycles. The summed E-state index contributed by atoms with van der Waals surface area (Å²) < 4.78 is 0. The smallest absolute Gasteiger partial charge is 0.171 e.